The Bertz CT molecular complexity index is 458. The highest BCUT2D eigenvalue weighted by molar-refractivity contribution is 5.23. The highest BCUT2D eigenvalue weighted by Crippen LogP contribution is 2.32. The first-order chi connectivity index (χ1) is 8.11. The fraction of sp³-hybridized carbons (Fsp3) is 0.417. The minimum Gasteiger partial charge on any atom is -0.392 e. The SMILES string of the molecule is N#CCN1C[C@H](O)C[C@H]1c1ccc(F)c(F)c1. The van der Waals surface area contributed by atoms with Gasteiger partial charge >= 0.3 is 0 Å². The van der Waals surface area contributed by atoms with E-state index in [4.69, 9.17) is 5.26 Å². The molecule has 1 aromatic rings. The first-order valence-electron chi connectivity index (χ1n) is 5.36. The number of hydrogen-bond donors (Lipinski definition) is 1. The van der Waals surface area contributed by atoms with Gasteiger partial charge in [0.2, 0.25) is 0 Å². The summed E-state index contributed by atoms with van der Waals surface area (Å²) in [6, 6.07) is 5.47. The molecule has 90 valence electrons. The molecule has 0 spiro atoms. The van der Waals surface area contributed by atoms with Crippen molar-refractivity contribution >= 4 is 0 Å². The number of nitrogens with zero attached hydrogens (tertiary/aromatic N) is 2. The molecule has 0 aliphatic carbocycles. The molecule has 5 heteroatoms. The highest BCUT2D eigenvalue weighted by Gasteiger charge is 2.32. The molecule has 1 aromatic carbocycles. The monoisotopic (exact) mass is 238 g/mol. The molecule has 0 unspecified atom stereocenters. The van der Waals surface area contributed by atoms with Crippen LogP contribution in [0.25, 0.3) is 0 Å². The summed E-state index contributed by atoms with van der Waals surface area (Å²) in [4.78, 5) is 1.76. The van der Waals surface area contributed by atoms with Crippen molar-refractivity contribution < 1.29 is 13.9 Å². The Balaban J connectivity index is 2.25. The van der Waals surface area contributed by atoms with Gasteiger partial charge in [0.1, 0.15) is 0 Å². The van der Waals surface area contributed by atoms with Crippen LogP contribution in [0.2, 0.25) is 0 Å². The van der Waals surface area contributed by atoms with Gasteiger partial charge in [-0.1, -0.05) is 6.07 Å². The molecule has 1 fully saturated rings. The fourth-order valence-corrected chi connectivity index (χ4v) is 2.21. The van der Waals surface area contributed by atoms with Crippen LogP contribution in [-0.2, 0) is 0 Å². The molecule has 1 saturated heterocycles. The third-order valence-corrected chi connectivity index (χ3v) is 2.98. The standard InChI is InChI=1S/C12H12F2N2O/c13-10-2-1-8(5-11(10)14)12-6-9(17)7-16(12)4-3-15/h1-2,5,9,12,17H,4,6-7H2/t9-,12+/m1/s1. The fourth-order valence-electron chi connectivity index (χ4n) is 2.21. The Morgan fingerprint density at radius 1 is 1.41 bits per heavy atom. The molecule has 0 saturated carbocycles. The maximum atomic E-state index is 13.1. The van der Waals surface area contributed by atoms with Gasteiger partial charge in [0.25, 0.3) is 0 Å². The molecule has 3 nitrogen and oxygen atoms in total. The number of benzene rings is 1. The van der Waals surface area contributed by atoms with E-state index in [1.165, 1.54) is 6.07 Å². The van der Waals surface area contributed by atoms with E-state index >= 15 is 0 Å². The summed E-state index contributed by atoms with van der Waals surface area (Å²) in [5, 5.41) is 18.2. The zero-order valence-electron chi connectivity index (χ0n) is 9.11. The van der Waals surface area contributed by atoms with Crippen molar-refractivity contribution in [1.82, 2.24) is 4.90 Å². The summed E-state index contributed by atoms with van der Waals surface area (Å²) in [5.41, 5.74) is 0.593. The summed E-state index contributed by atoms with van der Waals surface area (Å²) < 4.78 is 25.9. The number of aliphatic hydroxyl groups is 1. The lowest BCUT2D eigenvalue weighted by atomic mass is 10.0. The minimum absolute atomic E-state index is 0.167. The number of rotatable bonds is 2. The Morgan fingerprint density at radius 3 is 2.82 bits per heavy atom. The molecule has 0 bridgehead atoms. The number of β-amino-alcohol motifs (C(OH)–C–C–N with tert-alkyl or cyclic N) is 1. The van der Waals surface area contributed by atoms with Crippen molar-refractivity contribution in [2.75, 3.05) is 13.1 Å². The maximum Gasteiger partial charge on any atom is 0.159 e. The predicted molar refractivity (Wildman–Crippen MR) is 56.9 cm³/mol. The van der Waals surface area contributed by atoms with Gasteiger partial charge in [-0.3, -0.25) is 4.90 Å². The average Bonchev–Trinajstić information content (AvgIpc) is 2.64. The highest BCUT2D eigenvalue weighted by atomic mass is 19.2. The van der Waals surface area contributed by atoms with Crippen LogP contribution in [0.4, 0.5) is 8.78 Å². The summed E-state index contributed by atoms with van der Waals surface area (Å²) in [6.07, 6.45) is -0.0892. The average molecular weight is 238 g/mol. The molecule has 1 aliphatic heterocycles. The topological polar surface area (TPSA) is 47.3 Å². The van der Waals surface area contributed by atoms with Crippen molar-refractivity contribution in [2.45, 2.75) is 18.6 Å². The van der Waals surface area contributed by atoms with E-state index in [-0.39, 0.29) is 12.6 Å². The third-order valence-electron chi connectivity index (χ3n) is 2.98. The van der Waals surface area contributed by atoms with Gasteiger partial charge in [-0.25, -0.2) is 8.78 Å². The summed E-state index contributed by atoms with van der Waals surface area (Å²) in [7, 11) is 0. The van der Waals surface area contributed by atoms with E-state index in [9.17, 15) is 13.9 Å². The Hall–Kier alpha value is -1.51. The van der Waals surface area contributed by atoms with Crippen LogP contribution in [0.3, 0.4) is 0 Å². The number of likely N-dealkylation sites (tertiary alicyclic amines) is 1. The largest absolute Gasteiger partial charge is 0.392 e. The molecule has 1 N–H and O–H groups in total. The van der Waals surface area contributed by atoms with Crippen molar-refractivity contribution in [3.05, 3.63) is 35.4 Å². The predicted octanol–water partition coefficient (Wildman–Crippen LogP) is 1.60. The number of nitriles is 1. The van der Waals surface area contributed by atoms with Gasteiger partial charge in [-0.15, -0.1) is 0 Å². The molecular weight excluding hydrogens is 226 g/mol. The molecule has 2 rings (SSSR count). The lowest BCUT2D eigenvalue weighted by molar-refractivity contribution is 0.179. The Kier molecular flexibility index (Phi) is 3.36. The summed E-state index contributed by atoms with van der Waals surface area (Å²) in [6.45, 7) is 0.554. The van der Waals surface area contributed by atoms with E-state index in [2.05, 4.69) is 0 Å². The number of aliphatic hydroxyl groups excluding tert-OH is 1. The van der Waals surface area contributed by atoms with E-state index in [1.807, 2.05) is 6.07 Å². The first kappa shape index (κ1) is 12.0. The van der Waals surface area contributed by atoms with Crippen LogP contribution >= 0.6 is 0 Å². The van der Waals surface area contributed by atoms with Crippen molar-refractivity contribution in [2.24, 2.45) is 0 Å². The van der Waals surface area contributed by atoms with Crippen LogP contribution in [0.15, 0.2) is 18.2 Å². The van der Waals surface area contributed by atoms with Crippen LogP contribution in [-0.4, -0.2) is 29.2 Å². The zero-order valence-corrected chi connectivity index (χ0v) is 9.11. The molecule has 1 aliphatic rings. The number of halogens is 2. The molecule has 0 amide bonds. The second-order valence-electron chi connectivity index (χ2n) is 4.17. The van der Waals surface area contributed by atoms with Crippen molar-refractivity contribution in [1.29, 1.82) is 5.26 Å². The normalized spacial score (nSPS) is 24.8. The van der Waals surface area contributed by atoms with Gasteiger partial charge < -0.3 is 5.11 Å². The second-order valence-corrected chi connectivity index (χ2v) is 4.17. The van der Waals surface area contributed by atoms with Crippen LogP contribution < -0.4 is 0 Å². The van der Waals surface area contributed by atoms with E-state index in [0.29, 0.717) is 18.5 Å². The Labute approximate surface area is 97.9 Å². The zero-order chi connectivity index (χ0) is 12.4. The van der Waals surface area contributed by atoms with Crippen molar-refractivity contribution in [3.8, 4) is 6.07 Å². The molecule has 0 radical (unpaired) electrons. The molecule has 2 atom stereocenters. The quantitative estimate of drug-likeness (QED) is 0.796. The lowest BCUT2D eigenvalue weighted by Gasteiger charge is -2.21. The van der Waals surface area contributed by atoms with Crippen LogP contribution in [0, 0.1) is 23.0 Å². The van der Waals surface area contributed by atoms with Gasteiger partial charge in [0.05, 0.1) is 18.7 Å². The van der Waals surface area contributed by atoms with Gasteiger partial charge in [-0.2, -0.15) is 5.26 Å². The van der Waals surface area contributed by atoms with Crippen LogP contribution in [0.1, 0.15) is 18.0 Å². The number of hydrogen-bond acceptors (Lipinski definition) is 3. The van der Waals surface area contributed by atoms with Crippen molar-refractivity contribution in [3.63, 3.8) is 0 Å². The molecular formula is C12H12F2N2O. The second kappa shape index (κ2) is 4.78. The maximum absolute atomic E-state index is 13.1. The van der Waals surface area contributed by atoms with E-state index in [0.717, 1.165) is 12.1 Å². The first-order valence-corrected chi connectivity index (χ1v) is 5.36. The third kappa shape index (κ3) is 2.43. The molecule has 17 heavy (non-hydrogen) atoms. The van der Waals surface area contributed by atoms with Gasteiger partial charge in [-0.05, 0) is 24.1 Å². The van der Waals surface area contributed by atoms with Gasteiger partial charge in [0.15, 0.2) is 11.6 Å². The summed E-state index contributed by atoms with van der Waals surface area (Å²) in [5.74, 6) is -1.79. The molecule has 0 aromatic heterocycles. The van der Waals surface area contributed by atoms with E-state index < -0.39 is 17.7 Å². The lowest BCUT2D eigenvalue weighted by Crippen LogP contribution is -2.25. The van der Waals surface area contributed by atoms with E-state index in [1.54, 1.807) is 4.90 Å². The minimum atomic E-state index is -0.902. The van der Waals surface area contributed by atoms with Crippen LogP contribution in [0.5, 0.6) is 0 Å². The Morgan fingerprint density at radius 2 is 2.18 bits per heavy atom. The smallest absolute Gasteiger partial charge is 0.159 e. The summed E-state index contributed by atoms with van der Waals surface area (Å²) >= 11 is 0. The molecule has 1 heterocycles. The van der Waals surface area contributed by atoms with Gasteiger partial charge in [0, 0.05) is 12.6 Å².